The minimum Gasteiger partial charge on any atom is -0.494 e. The van der Waals surface area contributed by atoms with E-state index in [-0.39, 0.29) is 32.2 Å². The summed E-state index contributed by atoms with van der Waals surface area (Å²) in [6.07, 6.45) is 9.28. The summed E-state index contributed by atoms with van der Waals surface area (Å²) in [5.41, 5.74) is -0.218. The summed E-state index contributed by atoms with van der Waals surface area (Å²) in [6.45, 7) is 20.4. The van der Waals surface area contributed by atoms with Crippen molar-refractivity contribution in [3.63, 3.8) is 0 Å². The quantitative estimate of drug-likeness (QED) is 0.357. The number of hydrogen-bond acceptors (Lipinski definition) is 4. The Kier molecular flexibility index (Phi) is 8.17. The molecule has 0 bridgehead atoms. The average molecular weight is 470 g/mol. The van der Waals surface area contributed by atoms with Crippen molar-refractivity contribution in [2.24, 2.45) is 17.3 Å². The van der Waals surface area contributed by atoms with Crippen molar-refractivity contribution in [1.29, 1.82) is 0 Å². The van der Waals surface area contributed by atoms with E-state index in [9.17, 15) is 10.2 Å². The third-order valence-corrected chi connectivity index (χ3v) is 9.79. The largest absolute Gasteiger partial charge is 0.494 e. The number of rotatable bonds is 9. The van der Waals surface area contributed by atoms with Gasteiger partial charge < -0.3 is 10.2 Å². The number of hydrogen-bond donors (Lipinski definition) is 2. The molecule has 1 aliphatic rings. The van der Waals surface area contributed by atoms with Crippen molar-refractivity contribution in [3.05, 3.63) is 6.07 Å². The van der Waals surface area contributed by atoms with Gasteiger partial charge in [0.15, 0.2) is 5.88 Å². The van der Waals surface area contributed by atoms with Crippen LogP contribution in [0.5, 0.6) is 11.8 Å². The molecule has 1 aliphatic carbocycles. The van der Waals surface area contributed by atoms with Gasteiger partial charge in [-0.15, -0.1) is 11.8 Å². The zero-order valence-electron chi connectivity index (χ0n) is 21.6. The van der Waals surface area contributed by atoms with Gasteiger partial charge in [-0.1, -0.05) is 61.3 Å². The van der Waals surface area contributed by atoms with Gasteiger partial charge in [0.1, 0.15) is 0 Å². The average Bonchev–Trinajstić information content (AvgIpc) is 2.86. The van der Waals surface area contributed by atoms with Crippen LogP contribution in [0.25, 0.3) is 0 Å². The molecule has 0 spiro atoms. The first-order valence-electron chi connectivity index (χ1n) is 11.9. The van der Waals surface area contributed by atoms with Gasteiger partial charge >= 0.3 is 0 Å². The van der Waals surface area contributed by atoms with E-state index in [0.29, 0.717) is 5.92 Å². The molecule has 5 heteroatoms. The van der Waals surface area contributed by atoms with E-state index in [2.05, 4.69) is 68.6 Å². The molecule has 1 aromatic heterocycles. The maximum Gasteiger partial charge on any atom is 0.208 e. The molecule has 0 saturated heterocycles. The molecule has 2 N–H and O–H groups in total. The monoisotopic (exact) mass is 469 g/mol. The van der Waals surface area contributed by atoms with Crippen molar-refractivity contribution in [2.75, 3.05) is 6.26 Å². The number of thioether (sulfide) groups is 2. The van der Waals surface area contributed by atoms with Gasteiger partial charge in [-0.25, -0.2) is 0 Å². The second-order valence-corrected chi connectivity index (χ2v) is 15.7. The third kappa shape index (κ3) is 6.79. The fourth-order valence-electron chi connectivity index (χ4n) is 5.95. The van der Waals surface area contributed by atoms with Crippen LogP contribution in [-0.2, 0) is 5.54 Å². The van der Waals surface area contributed by atoms with E-state index < -0.39 is 0 Å². The SMILES string of the molecule is CSC(C)(C)CC(C)(C)Sc1cc(O)n(C(C)(C)CC(C)(C)C2CCC(C)CC2)c1O. The zero-order valence-corrected chi connectivity index (χ0v) is 23.3. The Balaban J connectivity index is 2.23. The molecule has 0 aliphatic heterocycles. The van der Waals surface area contributed by atoms with Crippen molar-refractivity contribution in [1.82, 2.24) is 4.57 Å². The molecule has 180 valence electrons. The second kappa shape index (κ2) is 9.44. The highest BCUT2D eigenvalue weighted by molar-refractivity contribution is 8.01. The Morgan fingerprint density at radius 3 is 1.97 bits per heavy atom. The van der Waals surface area contributed by atoms with Gasteiger partial charge in [-0.2, -0.15) is 11.8 Å². The Hall–Kier alpha value is -0.420. The lowest BCUT2D eigenvalue weighted by molar-refractivity contribution is 0.0784. The van der Waals surface area contributed by atoms with E-state index in [1.165, 1.54) is 25.7 Å². The van der Waals surface area contributed by atoms with Crippen LogP contribution in [0.4, 0.5) is 0 Å². The van der Waals surface area contributed by atoms with Gasteiger partial charge in [0.2, 0.25) is 5.88 Å². The van der Waals surface area contributed by atoms with Crippen LogP contribution in [-0.4, -0.2) is 30.5 Å². The van der Waals surface area contributed by atoms with Gasteiger partial charge in [0.05, 0.1) is 4.90 Å². The van der Waals surface area contributed by atoms with Crippen LogP contribution in [0.15, 0.2) is 11.0 Å². The molecule has 1 fully saturated rings. The van der Waals surface area contributed by atoms with E-state index >= 15 is 0 Å². The summed E-state index contributed by atoms with van der Waals surface area (Å²) < 4.78 is 1.88. The van der Waals surface area contributed by atoms with Gasteiger partial charge in [-0.3, -0.25) is 4.57 Å². The Morgan fingerprint density at radius 1 is 0.903 bits per heavy atom. The number of aromatic nitrogens is 1. The lowest BCUT2D eigenvalue weighted by Crippen LogP contribution is -2.37. The second-order valence-electron chi connectivity index (χ2n) is 12.5. The molecule has 0 atom stereocenters. The third-order valence-electron chi connectivity index (χ3n) is 7.33. The molecule has 0 unspecified atom stereocenters. The lowest BCUT2D eigenvalue weighted by Gasteiger charge is -2.44. The molecule has 0 aromatic carbocycles. The highest BCUT2D eigenvalue weighted by atomic mass is 32.2. The molecule has 31 heavy (non-hydrogen) atoms. The predicted molar refractivity (Wildman–Crippen MR) is 139 cm³/mol. The summed E-state index contributed by atoms with van der Waals surface area (Å²) in [6, 6.07) is 1.75. The topological polar surface area (TPSA) is 45.4 Å². The minimum absolute atomic E-state index is 0.0508. The summed E-state index contributed by atoms with van der Waals surface area (Å²) in [7, 11) is 0. The summed E-state index contributed by atoms with van der Waals surface area (Å²) >= 11 is 3.54. The molecule has 0 radical (unpaired) electrons. The van der Waals surface area contributed by atoms with E-state index in [4.69, 9.17) is 0 Å². The summed E-state index contributed by atoms with van der Waals surface area (Å²) in [5, 5.41) is 22.0. The molecular weight excluding hydrogens is 422 g/mol. The van der Waals surface area contributed by atoms with Gasteiger partial charge in [0, 0.05) is 21.1 Å². The van der Waals surface area contributed by atoms with Crippen LogP contribution in [0.2, 0.25) is 0 Å². The molecule has 1 heterocycles. The molecule has 0 amide bonds. The fourth-order valence-corrected chi connectivity index (χ4v) is 7.92. The van der Waals surface area contributed by atoms with Crippen LogP contribution >= 0.6 is 23.5 Å². The lowest BCUT2D eigenvalue weighted by atomic mass is 9.65. The van der Waals surface area contributed by atoms with Crippen LogP contribution in [0, 0.1) is 17.3 Å². The first-order valence-corrected chi connectivity index (χ1v) is 13.9. The molecule has 1 aromatic rings. The first kappa shape index (κ1) is 26.8. The standard InChI is InChI=1S/C26H47NO2S2/c1-18-11-13-19(14-12-18)23(2,3)16-24(4,5)27-21(28)15-20(22(27)29)31-26(8,9)17-25(6,7)30-10/h15,18-19,28-29H,11-14,16-17H2,1-10H3. The van der Waals surface area contributed by atoms with Crippen molar-refractivity contribution in [2.45, 2.75) is 121 Å². The van der Waals surface area contributed by atoms with E-state index in [0.717, 1.165) is 23.7 Å². The molecule has 3 nitrogen and oxygen atoms in total. The van der Waals surface area contributed by atoms with Crippen LogP contribution < -0.4 is 0 Å². The smallest absolute Gasteiger partial charge is 0.208 e. The van der Waals surface area contributed by atoms with Crippen molar-refractivity contribution >= 4 is 23.5 Å². The Bertz CT molecular complexity index is 741. The highest BCUT2D eigenvalue weighted by Gasteiger charge is 2.40. The van der Waals surface area contributed by atoms with E-state index in [1.807, 2.05) is 11.8 Å². The summed E-state index contributed by atoms with van der Waals surface area (Å²) in [4.78, 5) is 0.775. The predicted octanol–water partition coefficient (Wildman–Crippen LogP) is 8.28. The van der Waals surface area contributed by atoms with Crippen molar-refractivity contribution < 1.29 is 10.2 Å². The van der Waals surface area contributed by atoms with Crippen LogP contribution in [0.3, 0.4) is 0 Å². The van der Waals surface area contributed by atoms with Crippen molar-refractivity contribution in [3.8, 4) is 11.8 Å². The Morgan fingerprint density at radius 2 is 1.45 bits per heavy atom. The van der Waals surface area contributed by atoms with Gasteiger partial charge in [0.25, 0.3) is 0 Å². The summed E-state index contributed by atoms with van der Waals surface area (Å²) in [5.74, 6) is 1.91. The minimum atomic E-state index is -0.373. The Labute approximate surface area is 200 Å². The highest BCUT2D eigenvalue weighted by Crippen LogP contribution is 2.51. The van der Waals surface area contributed by atoms with Crippen LogP contribution in [0.1, 0.15) is 101 Å². The number of aromatic hydroxyl groups is 2. The zero-order chi connectivity index (χ0) is 23.8. The van der Waals surface area contributed by atoms with Gasteiger partial charge in [-0.05, 0) is 63.0 Å². The first-order chi connectivity index (χ1) is 14.0. The molecule has 2 rings (SSSR count). The normalized spacial score (nSPS) is 21.5. The molecule has 1 saturated carbocycles. The fraction of sp³-hybridized carbons (Fsp3) is 0.846. The van der Waals surface area contributed by atoms with E-state index in [1.54, 1.807) is 22.4 Å². The maximum atomic E-state index is 11.2. The maximum absolute atomic E-state index is 11.2. The number of nitrogens with zero attached hydrogens (tertiary/aromatic N) is 1. The molecular formula is C26H47NO2S2.